The third kappa shape index (κ3) is 3.64. The van der Waals surface area contributed by atoms with Gasteiger partial charge in [-0.2, -0.15) is 0 Å². The number of hydrogen-bond donors (Lipinski definition) is 1. The third-order valence-corrected chi connectivity index (χ3v) is 3.06. The quantitative estimate of drug-likeness (QED) is 0.897. The topological polar surface area (TPSA) is 29.9 Å². The summed E-state index contributed by atoms with van der Waals surface area (Å²) < 4.78 is 1.97. The Morgan fingerprint density at radius 3 is 2.42 bits per heavy atom. The number of nitrogens with zero attached hydrogens (tertiary/aromatic N) is 2. The Labute approximate surface area is 123 Å². The molecule has 19 heavy (non-hydrogen) atoms. The summed E-state index contributed by atoms with van der Waals surface area (Å²) in [7, 11) is 0. The standard InChI is InChI=1S/C14H17Cl2N3/c1-9(2)7-17-14-18-10(3)8-19(14)13-5-11(15)4-12(16)6-13/h4-6,8-9H,7H2,1-3H3,(H,17,18). The van der Waals surface area contributed by atoms with Gasteiger partial charge in [0.1, 0.15) is 0 Å². The monoisotopic (exact) mass is 297 g/mol. The van der Waals surface area contributed by atoms with Gasteiger partial charge in [0.2, 0.25) is 5.95 Å². The summed E-state index contributed by atoms with van der Waals surface area (Å²) in [6, 6.07) is 5.46. The van der Waals surface area contributed by atoms with Gasteiger partial charge < -0.3 is 5.32 Å². The van der Waals surface area contributed by atoms with Crippen molar-refractivity contribution in [2.24, 2.45) is 5.92 Å². The highest BCUT2D eigenvalue weighted by Crippen LogP contribution is 2.24. The predicted molar refractivity (Wildman–Crippen MR) is 81.6 cm³/mol. The van der Waals surface area contributed by atoms with Gasteiger partial charge in [0.15, 0.2) is 0 Å². The highest BCUT2D eigenvalue weighted by molar-refractivity contribution is 6.34. The summed E-state index contributed by atoms with van der Waals surface area (Å²) in [6.07, 6.45) is 1.96. The molecule has 0 aliphatic carbocycles. The first kappa shape index (κ1) is 14.2. The second kappa shape index (κ2) is 5.85. The molecule has 0 bridgehead atoms. The van der Waals surface area contributed by atoms with Crippen molar-refractivity contribution in [2.75, 3.05) is 11.9 Å². The van der Waals surface area contributed by atoms with Crippen LogP contribution in [0.15, 0.2) is 24.4 Å². The van der Waals surface area contributed by atoms with Crippen LogP contribution in [0.25, 0.3) is 5.69 Å². The molecule has 102 valence electrons. The second-order valence-corrected chi connectivity index (χ2v) is 5.85. The number of rotatable bonds is 4. The van der Waals surface area contributed by atoms with Crippen molar-refractivity contribution in [3.05, 3.63) is 40.1 Å². The van der Waals surface area contributed by atoms with Gasteiger partial charge in [-0.3, -0.25) is 4.57 Å². The number of aromatic nitrogens is 2. The summed E-state index contributed by atoms with van der Waals surface area (Å²) >= 11 is 12.1. The third-order valence-electron chi connectivity index (χ3n) is 2.62. The molecule has 0 fully saturated rings. The van der Waals surface area contributed by atoms with Crippen molar-refractivity contribution in [1.82, 2.24) is 9.55 Å². The maximum atomic E-state index is 6.05. The van der Waals surface area contributed by atoms with E-state index in [1.807, 2.05) is 29.8 Å². The predicted octanol–water partition coefficient (Wildman–Crippen LogP) is 4.56. The number of hydrogen-bond acceptors (Lipinski definition) is 2. The van der Waals surface area contributed by atoms with Crippen LogP contribution >= 0.6 is 23.2 Å². The van der Waals surface area contributed by atoms with E-state index in [9.17, 15) is 0 Å². The van der Waals surface area contributed by atoms with Crippen LogP contribution in [0.2, 0.25) is 10.0 Å². The fourth-order valence-electron chi connectivity index (χ4n) is 1.79. The van der Waals surface area contributed by atoms with Crippen molar-refractivity contribution in [3.8, 4) is 5.69 Å². The minimum atomic E-state index is 0.549. The number of halogens is 2. The van der Waals surface area contributed by atoms with Crippen molar-refractivity contribution in [1.29, 1.82) is 0 Å². The van der Waals surface area contributed by atoms with E-state index < -0.39 is 0 Å². The summed E-state index contributed by atoms with van der Waals surface area (Å²) in [6.45, 7) is 7.14. The zero-order valence-electron chi connectivity index (χ0n) is 11.2. The number of nitrogens with one attached hydrogen (secondary N) is 1. The van der Waals surface area contributed by atoms with Crippen LogP contribution in [-0.2, 0) is 0 Å². The fourth-order valence-corrected chi connectivity index (χ4v) is 2.31. The number of anilines is 1. The minimum Gasteiger partial charge on any atom is -0.355 e. The van der Waals surface area contributed by atoms with E-state index in [-0.39, 0.29) is 0 Å². The van der Waals surface area contributed by atoms with E-state index in [1.54, 1.807) is 6.07 Å². The molecule has 1 aromatic carbocycles. The average Bonchev–Trinajstić information content (AvgIpc) is 2.66. The van der Waals surface area contributed by atoms with Gasteiger partial charge in [-0.1, -0.05) is 37.0 Å². The van der Waals surface area contributed by atoms with E-state index in [4.69, 9.17) is 23.2 Å². The Balaban J connectivity index is 2.37. The molecule has 0 radical (unpaired) electrons. The van der Waals surface area contributed by atoms with Gasteiger partial charge in [-0.25, -0.2) is 4.98 Å². The number of aryl methyl sites for hydroxylation is 1. The molecule has 0 aliphatic rings. The Morgan fingerprint density at radius 1 is 1.21 bits per heavy atom. The zero-order chi connectivity index (χ0) is 14.0. The lowest BCUT2D eigenvalue weighted by atomic mass is 10.2. The van der Waals surface area contributed by atoms with Crippen LogP contribution in [0.3, 0.4) is 0 Å². The molecule has 2 rings (SSSR count). The summed E-state index contributed by atoms with van der Waals surface area (Å²) in [5.74, 6) is 1.36. The Bertz CT molecular complexity index is 556. The molecule has 2 aromatic rings. The van der Waals surface area contributed by atoms with Crippen LogP contribution in [0.1, 0.15) is 19.5 Å². The molecule has 5 heteroatoms. The van der Waals surface area contributed by atoms with E-state index in [0.717, 1.165) is 23.9 Å². The van der Waals surface area contributed by atoms with Crippen LogP contribution in [0, 0.1) is 12.8 Å². The summed E-state index contributed by atoms with van der Waals surface area (Å²) in [5, 5.41) is 4.57. The Morgan fingerprint density at radius 2 is 1.84 bits per heavy atom. The van der Waals surface area contributed by atoms with Gasteiger partial charge in [0, 0.05) is 22.8 Å². The fraction of sp³-hybridized carbons (Fsp3) is 0.357. The SMILES string of the molecule is Cc1cn(-c2cc(Cl)cc(Cl)c2)c(NCC(C)C)n1. The number of imidazole rings is 1. The van der Waals surface area contributed by atoms with E-state index in [0.29, 0.717) is 16.0 Å². The molecule has 1 aromatic heterocycles. The molecule has 1 heterocycles. The molecule has 0 aliphatic heterocycles. The molecular weight excluding hydrogens is 281 g/mol. The first-order valence-corrected chi connectivity index (χ1v) is 6.97. The zero-order valence-corrected chi connectivity index (χ0v) is 12.8. The minimum absolute atomic E-state index is 0.549. The van der Waals surface area contributed by atoms with Crippen molar-refractivity contribution >= 4 is 29.2 Å². The lowest BCUT2D eigenvalue weighted by Gasteiger charge is -2.12. The lowest BCUT2D eigenvalue weighted by Crippen LogP contribution is -2.12. The van der Waals surface area contributed by atoms with E-state index in [2.05, 4.69) is 24.1 Å². The van der Waals surface area contributed by atoms with Crippen LogP contribution < -0.4 is 5.32 Å². The molecule has 3 nitrogen and oxygen atoms in total. The molecule has 0 unspecified atom stereocenters. The molecule has 0 saturated carbocycles. The van der Waals surface area contributed by atoms with Crippen molar-refractivity contribution < 1.29 is 0 Å². The Hall–Kier alpha value is -1.19. The molecular formula is C14H17Cl2N3. The van der Waals surface area contributed by atoms with Gasteiger partial charge in [-0.15, -0.1) is 0 Å². The lowest BCUT2D eigenvalue weighted by molar-refractivity contribution is 0.683. The van der Waals surface area contributed by atoms with Crippen LogP contribution in [0.4, 0.5) is 5.95 Å². The molecule has 0 amide bonds. The molecule has 1 N–H and O–H groups in total. The molecule has 0 atom stereocenters. The van der Waals surface area contributed by atoms with Crippen molar-refractivity contribution in [3.63, 3.8) is 0 Å². The average molecular weight is 298 g/mol. The van der Waals surface area contributed by atoms with Gasteiger partial charge in [-0.05, 0) is 31.0 Å². The Kier molecular flexibility index (Phi) is 4.38. The van der Waals surface area contributed by atoms with Gasteiger partial charge in [0.05, 0.1) is 11.4 Å². The van der Waals surface area contributed by atoms with Crippen LogP contribution in [0.5, 0.6) is 0 Å². The maximum Gasteiger partial charge on any atom is 0.207 e. The largest absolute Gasteiger partial charge is 0.355 e. The van der Waals surface area contributed by atoms with Gasteiger partial charge >= 0.3 is 0 Å². The second-order valence-electron chi connectivity index (χ2n) is 4.98. The van der Waals surface area contributed by atoms with Gasteiger partial charge in [0.25, 0.3) is 0 Å². The summed E-state index contributed by atoms with van der Waals surface area (Å²) in [5.41, 5.74) is 1.85. The first-order chi connectivity index (χ1) is 8.95. The normalized spacial score (nSPS) is 11.1. The molecule has 0 saturated heterocycles. The highest BCUT2D eigenvalue weighted by atomic mass is 35.5. The number of benzene rings is 1. The smallest absolute Gasteiger partial charge is 0.207 e. The highest BCUT2D eigenvalue weighted by Gasteiger charge is 2.09. The summed E-state index contributed by atoms with van der Waals surface area (Å²) in [4.78, 5) is 4.48. The van der Waals surface area contributed by atoms with Crippen molar-refractivity contribution in [2.45, 2.75) is 20.8 Å². The van der Waals surface area contributed by atoms with E-state index >= 15 is 0 Å². The first-order valence-electron chi connectivity index (χ1n) is 6.22. The molecule has 0 spiro atoms. The van der Waals surface area contributed by atoms with Crippen LogP contribution in [-0.4, -0.2) is 16.1 Å². The maximum absolute atomic E-state index is 6.05. The van der Waals surface area contributed by atoms with E-state index in [1.165, 1.54) is 0 Å².